The molecule has 20 heavy (non-hydrogen) atoms. The first-order valence-corrected chi connectivity index (χ1v) is 6.69. The van der Waals surface area contributed by atoms with Crippen molar-refractivity contribution in [2.24, 2.45) is 0 Å². The highest BCUT2D eigenvalue weighted by Gasteiger charge is 2.32. The van der Waals surface area contributed by atoms with E-state index in [1.807, 2.05) is 22.6 Å². The summed E-state index contributed by atoms with van der Waals surface area (Å²) < 4.78 is 2.02. The third kappa shape index (κ3) is 2.36. The second-order valence-corrected chi connectivity index (χ2v) is 4.95. The maximum atomic E-state index is 12.1. The number of aryl methyl sites for hydroxylation is 1. The summed E-state index contributed by atoms with van der Waals surface area (Å²) in [6, 6.07) is -0.0553. The molecule has 3 heterocycles. The van der Waals surface area contributed by atoms with Crippen LogP contribution in [0.4, 0.5) is 0 Å². The van der Waals surface area contributed by atoms with E-state index in [0.29, 0.717) is 6.54 Å². The molecule has 1 aliphatic rings. The Morgan fingerprint density at radius 3 is 2.95 bits per heavy atom. The minimum atomic E-state index is -0.0553. The van der Waals surface area contributed by atoms with Gasteiger partial charge in [-0.05, 0) is 18.9 Å². The number of hydrogen-bond donors (Lipinski definition) is 1. The average Bonchev–Trinajstić information content (AvgIpc) is 3.13. The second kappa shape index (κ2) is 5.32. The number of nitrogens with one attached hydrogen (secondary N) is 1. The largest absolute Gasteiger partial charge is 0.347 e. The van der Waals surface area contributed by atoms with Crippen molar-refractivity contribution in [1.82, 2.24) is 24.4 Å². The minimum absolute atomic E-state index is 0.0553. The van der Waals surface area contributed by atoms with Crippen molar-refractivity contribution in [2.75, 3.05) is 6.54 Å². The standard InChI is InChI=1S/C14H17N5O/c1-11-9-12(20)19(13(11)14-16-3-4-17-14)7-2-6-18-8-5-15-10-18/h3-5,8-10,13H,2,6-7H2,1H3,(H,16,17). The summed E-state index contributed by atoms with van der Waals surface area (Å²) in [6.45, 7) is 3.53. The van der Waals surface area contributed by atoms with Gasteiger partial charge in [-0.3, -0.25) is 4.79 Å². The van der Waals surface area contributed by atoms with Gasteiger partial charge in [0, 0.05) is 44.0 Å². The van der Waals surface area contributed by atoms with Crippen molar-refractivity contribution in [3.05, 3.63) is 48.6 Å². The molecule has 0 saturated carbocycles. The molecule has 1 unspecified atom stereocenters. The first kappa shape index (κ1) is 12.7. The molecule has 3 rings (SSSR count). The summed E-state index contributed by atoms with van der Waals surface area (Å²) in [6.07, 6.45) is 11.6. The zero-order chi connectivity index (χ0) is 13.9. The molecule has 6 nitrogen and oxygen atoms in total. The van der Waals surface area contributed by atoms with E-state index in [-0.39, 0.29) is 11.9 Å². The average molecular weight is 271 g/mol. The summed E-state index contributed by atoms with van der Waals surface area (Å²) in [5.41, 5.74) is 1.03. The Kier molecular flexibility index (Phi) is 3.37. The Balaban J connectivity index is 1.66. The summed E-state index contributed by atoms with van der Waals surface area (Å²) in [5, 5.41) is 0. The van der Waals surface area contributed by atoms with Crippen LogP contribution in [0.3, 0.4) is 0 Å². The number of hydrogen-bond acceptors (Lipinski definition) is 3. The van der Waals surface area contributed by atoms with Crippen molar-refractivity contribution >= 4 is 5.91 Å². The van der Waals surface area contributed by atoms with Gasteiger partial charge in [-0.25, -0.2) is 9.97 Å². The molecule has 1 aliphatic heterocycles. The highest BCUT2D eigenvalue weighted by molar-refractivity contribution is 5.91. The number of amides is 1. The molecule has 2 aromatic rings. The monoisotopic (exact) mass is 271 g/mol. The van der Waals surface area contributed by atoms with Crippen LogP contribution in [-0.4, -0.2) is 36.9 Å². The van der Waals surface area contributed by atoms with Gasteiger partial charge in [0.25, 0.3) is 0 Å². The third-order valence-corrected chi connectivity index (χ3v) is 3.53. The lowest BCUT2D eigenvalue weighted by molar-refractivity contribution is -0.126. The number of aromatic nitrogens is 4. The third-order valence-electron chi connectivity index (χ3n) is 3.53. The Morgan fingerprint density at radius 2 is 2.25 bits per heavy atom. The van der Waals surface area contributed by atoms with E-state index in [4.69, 9.17) is 0 Å². The molecule has 0 aromatic carbocycles. The number of carbonyl (C=O) groups is 1. The van der Waals surface area contributed by atoms with Crippen molar-refractivity contribution < 1.29 is 4.79 Å². The van der Waals surface area contributed by atoms with Crippen LogP contribution in [-0.2, 0) is 11.3 Å². The predicted octanol–water partition coefficient (Wildman–Crippen LogP) is 1.53. The molecule has 2 aromatic heterocycles. The Hall–Kier alpha value is -2.37. The number of rotatable bonds is 5. The van der Waals surface area contributed by atoms with E-state index < -0.39 is 0 Å². The van der Waals surface area contributed by atoms with E-state index >= 15 is 0 Å². The van der Waals surface area contributed by atoms with Crippen LogP contribution in [0.2, 0.25) is 0 Å². The van der Waals surface area contributed by atoms with Gasteiger partial charge in [-0.1, -0.05) is 0 Å². The summed E-state index contributed by atoms with van der Waals surface area (Å²) in [4.78, 5) is 25.3. The molecule has 1 atom stereocenters. The van der Waals surface area contributed by atoms with Gasteiger partial charge >= 0.3 is 0 Å². The zero-order valence-electron chi connectivity index (χ0n) is 11.4. The van der Waals surface area contributed by atoms with Gasteiger partial charge < -0.3 is 14.5 Å². The molecule has 1 amide bonds. The molecule has 0 bridgehead atoms. The minimum Gasteiger partial charge on any atom is -0.347 e. The second-order valence-electron chi connectivity index (χ2n) is 4.95. The topological polar surface area (TPSA) is 66.8 Å². The summed E-state index contributed by atoms with van der Waals surface area (Å²) in [5.74, 6) is 0.891. The summed E-state index contributed by atoms with van der Waals surface area (Å²) in [7, 11) is 0. The van der Waals surface area contributed by atoms with Crippen LogP contribution in [0, 0.1) is 0 Å². The molecular weight excluding hydrogens is 254 g/mol. The quantitative estimate of drug-likeness (QED) is 0.896. The van der Waals surface area contributed by atoms with Gasteiger partial charge in [0.2, 0.25) is 5.91 Å². The Morgan fingerprint density at radius 1 is 1.35 bits per heavy atom. The number of carbonyl (C=O) groups excluding carboxylic acids is 1. The number of H-pyrrole nitrogens is 1. The molecule has 1 N–H and O–H groups in total. The van der Waals surface area contributed by atoms with Gasteiger partial charge in [0.1, 0.15) is 11.9 Å². The lowest BCUT2D eigenvalue weighted by Gasteiger charge is -2.25. The molecule has 0 saturated heterocycles. The van der Waals surface area contributed by atoms with Crippen molar-refractivity contribution in [3.8, 4) is 0 Å². The molecule has 6 heteroatoms. The first-order chi connectivity index (χ1) is 9.75. The molecule has 0 fully saturated rings. The smallest absolute Gasteiger partial charge is 0.247 e. The molecular formula is C14H17N5O. The van der Waals surface area contributed by atoms with Gasteiger partial charge in [0.05, 0.1) is 6.33 Å². The molecule has 0 spiro atoms. The highest BCUT2D eigenvalue weighted by atomic mass is 16.2. The predicted molar refractivity (Wildman–Crippen MR) is 73.6 cm³/mol. The van der Waals surface area contributed by atoms with Crippen LogP contribution < -0.4 is 0 Å². The van der Waals surface area contributed by atoms with E-state index in [9.17, 15) is 4.79 Å². The van der Waals surface area contributed by atoms with Crippen LogP contribution >= 0.6 is 0 Å². The fourth-order valence-corrected chi connectivity index (χ4v) is 2.60. The highest BCUT2D eigenvalue weighted by Crippen LogP contribution is 2.31. The fourth-order valence-electron chi connectivity index (χ4n) is 2.60. The van der Waals surface area contributed by atoms with Crippen molar-refractivity contribution in [2.45, 2.75) is 25.9 Å². The molecule has 104 valence electrons. The first-order valence-electron chi connectivity index (χ1n) is 6.69. The van der Waals surface area contributed by atoms with E-state index in [1.165, 1.54) is 0 Å². The van der Waals surface area contributed by atoms with Gasteiger partial charge in [-0.15, -0.1) is 0 Å². The van der Waals surface area contributed by atoms with Crippen LogP contribution in [0.25, 0.3) is 0 Å². The fraction of sp³-hybridized carbons (Fsp3) is 0.357. The number of imidazole rings is 2. The van der Waals surface area contributed by atoms with Crippen LogP contribution in [0.1, 0.15) is 25.2 Å². The zero-order valence-corrected chi connectivity index (χ0v) is 11.4. The summed E-state index contributed by atoms with van der Waals surface area (Å²) >= 11 is 0. The van der Waals surface area contributed by atoms with Crippen molar-refractivity contribution in [3.63, 3.8) is 0 Å². The van der Waals surface area contributed by atoms with Crippen molar-refractivity contribution in [1.29, 1.82) is 0 Å². The van der Waals surface area contributed by atoms with E-state index in [1.54, 1.807) is 31.0 Å². The molecule has 0 aliphatic carbocycles. The van der Waals surface area contributed by atoms with Crippen LogP contribution in [0.15, 0.2) is 42.8 Å². The lowest BCUT2D eigenvalue weighted by Crippen LogP contribution is -2.31. The molecule has 0 radical (unpaired) electrons. The SMILES string of the molecule is CC1=CC(=O)N(CCCn2ccnc2)C1c1ncc[nH]1. The van der Waals surface area contributed by atoms with E-state index in [0.717, 1.165) is 24.4 Å². The Bertz CT molecular complexity index is 600. The van der Waals surface area contributed by atoms with Crippen LogP contribution in [0.5, 0.6) is 0 Å². The van der Waals surface area contributed by atoms with Gasteiger partial charge in [0.15, 0.2) is 0 Å². The number of nitrogens with zero attached hydrogens (tertiary/aromatic N) is 4. The maximum absolute atomic E-state index is 12.1. The maximum Gasteiger partial charge on any atom is 0.247 e. The number of aromatic amines is 1. The lowest BCUT2D eigenvalue weighted by atomic mass is 10.1. The van der Waals surface area contributed by atoms with E-state index in [2.05, 4.69) is 15.0 Å². The normalized spacial score (nSPS) is 18.6. The Labute approximate surface area is 117 Å². The van der Waals surface area contributed by atoms with Gasteiger partial charge in [-0.2, -0.15) is 0 Å².